The van der Waals surface area contributed by atoms with Crippen LogP contribution in [0.15, 0.2) is 65.8 Å². The van der Waals surface area contributed by atoms with Gasteiger partial charge in [-0.2, -0.15) is 10.4 Å². The highest BCUT2D eigenvalue weighted by Gasteiger charge is 2.11. The van der Waals surface area contributed by atoms with E-state index in [9.17, 15) is 13.6 Å². The second-order valence-corrected chi connectivity index (χ2v) is 6.33. The summed E-state index contributed by atoms with van der Waals surface area (Å²) in [6.45, 7) is 0.232. The first-order valence-corrected chi connectivity index (χ1v) is 9.08. The van der Waals surface area contributed by atoms with Crippen LogP contribution in [0, 0.1) is 23.0 Å². The highest BCUT2D eigenvalue weighted by molar-refractivity contribution is 5.95. The number of hydrogen-bond acceptors (Lipinski definition) is 5. The lowest BCUT2D eigenvalue weighted by Crippen LogP contribution is -2.19. The minimum absolute atomic E-state index is 0.117. The normalized spacial score (nSPS) is 10.5. The molecule has 0 heterocycles. The third-order valence-corrected chi connectivity index (χ3v) is 4.22. The lowest BCUT2D eigenvalue weighted by molar-refractivity contribution is 0.0951. The topological polar surface area (TPSA) is 83.7 Å². The van der Waals surface area contributed by atoms with Crippen molar-refractivity contribution in [2.24, 2.45) is 5.10 Å². The minimum Gasteiger partial charge on any atom is -0.493 e. The first kappa shape index (κ1) is 21.5. The minimum atomic E-state index is -0.809. The maximum atomic E-state index is 13.9. The molecule has 8 heteroatoms. The van der Waals surface area contributed by atoms with Crippen LogP contribution in [0.4, 0.5) is 8.78 Å². The number of halogens is 2. The maximum absolute atomic E-state index is 13.9. The summed E-state index contributed by atoms with van der Waals surface area (Å²) in [5.74, 6) is -0.956. The molecule has 0 saturated carbocycles. The molecule has 0 aliphatic heterocycles. The zero-order valence-corrected chi connectivity index (χ0v) is 16.4. The van der Waals surface area contributed by atoms with Crippen molar-refractivity contribution >= 4 is 12.1 Å². The molecule has 3 rings (SSSR count). The molecule has 156 valence electrons. The van der Waals surface area contributed by atoms with Gasteiger partial charge in [-0.3, -0.25) is 4.79 Å². The number of nitriles is 1. The first-order chi connectivity index (χ1) is 15.0. The van der Waals surface area contributed by atoms with Gasteiger partial charge < -0.3 is 9.47 Å². The Labute approximate surface area is 177 Å². The van der Waals surface area contributed by atoms with Gasteiger partial charge in [-0.25, -0.2) is 14.2 Å². The van der Waals surface area contributed by atoms with Crippen molar-refractivity contribution in [2.45, 2.75) is 6.61 Å². The predicted molar refractivity (Wildman–Crippen MR) is 110 cm³/mol. The van der Waals surface area contributed by atoms with Crippen molar-refractivity contribution in [3.05, 3.63) is 94.6 Å². The van der Waals surface area contributed by atoms with E-state index in [2.05, 4.69) is 10.5 Å². The molecule has 6 nitrogen and oxygen atoms in total. The number of nitrogens with one attached hydrogen (secondary N) is 1. The SMILES string of the molecule is COc1cc(/C=N\NC(=O)c2ccc(C#N)cc2F)ccc1OCc1ccc(F)cc1. The number of benzene rings is 3. The summed E-state index contributed by atoms with van der Waals surface area (Å²) >= 11 is 0. The van der Waals surface area contributed by atoms with E-state index in [1.54, 1.807) is 36.4 Å². The average Bonchev–Trinajstić information content (AvgIpc) is 2.78. The van der Waals surface area contributed by atoms with Crippen molar-refractivity contribution in [1.29, 1.82) is 5.26 Å². The van der Waals surface area contributed by atoms with E-state index >= 15 is 0 Å². The monoisotopic (exact) mass is 421 g/mol. The van der Waals surface area contributed by atoms with Crippen molar-refractivity contribution in [3.8, 4) is 17.6 Å². The molecule has 0 radical (unpaired) electrons. The lowest BCUT2D eigenvalue weighted by Gasteiger charge is -2.11. The number of carbonyl (C=O) groups is 1. The number of carbonyl (C=O) groups excluding carboxylic acids is 1. The predicted octanol–water partition coefficient (Wildman–Crippen LogP) is 4.19. The van der Waals surface area contributed by atoms with Crippen molar-refractivity contribution in [2.75, 3.05) is 7.11 Å². The van der Waals surface area contributed by atoms with E-state index in [4.69, 9.17) is 14.7 Å². The molecule has 0 atom stereocenters. The Morgan fingerprint density at radius 2 is 1.87 bits per heavy atom. The van der Waals surface area contributed by atoms with E-state index in [1.165, 1.54) is 37.6 Å². The van der Waals surface area contributed by atoms with Crippen LogP contribution in [0.1, 0.15) is 27.0 Å². The molecule has 0 aliphatic rings. The summed E-state index contributed by atoms with van der Waals surface area (Å²) in [7, 11) is 1.48. The zero-order valence-electron chi connectivity index (χ0n) is 16.4. The smallest absolute Gasteiger partial charge is 0.274 e. The number of ether oxygens (including phenoxy) is 2. The molecular formula is C23H17F2N3O3. The van der Waals surface area contributed by atoms with Crippen LogP contribution >= 0.6 is 0 Å². The van der Waals surface area contributed by atoms with Gasteiger partial charge >= 0.3 is 0 Å². The molecule has 0 spiro atoms. The fourth-order valence-corrected chi connectivity index (χ4v) is 2.62. The molecular weight excluding hydrogens is 404 g/mol. The van der Waals surface area contributed by atoms with Crippen LogP contribution in [0.3, 0.4) is 0 Å². The number of nitrogens with zero attached hydrogens (tertiary/aromatic N) is 2. The van der Waals surface area contributed by atoms with Gasteiger partial charge in [-0.1, -0.05) is 12.1 Å². The summed E-state index contributed by atoms with van der Waals surface area (Å²) in [6.07, 6.45) is 1.37. The number of rotatable bonds is 7. The molecule has 1 amide bonds. The van der Waals surface area contributed by atoms with E-state index < -0.39 is 11.7 Å². The van der Waals surface area contributed by atoms with Gasteiger partial charge in [0, 0.05) is 0 Å². The standard InChI is InChI=1S/C23H17F2N3O3/c1-30-22-11-17(5-9-21(22)31-14-15-2-6-18(24)7-3-15)13-27-28-23(29)19-8-4-16(12-26)10-20(19)25/h2-11,13H,14H2,1H3,(H,28,29)/b27-13-. The Balaban J connectivity index is 1.63. The Hall–Kier alpha value is -4.25. The Kier molecular flexibility index (Phi) is 6.91. The Morgan fingerprint density at radius 1 is 1.10 bits per heavy atom. The maximum Gasteiger partial charge on any atom is 0.274 e. The molecule has 0 aromatic heterocycles. The number of hydrogen-bond donors (Lipinski definition) is 1. The fraction of sp³-hybridized carbons (Fsp3) is 0.0870. The average molecular weight is 421 g/mol. The van der Waals surface area contributed by atoms with Crippen LogP contribution in [0.25, 0.3) is 0 Å². The number of methoxy groups -OCH3 is 1. The molecule has 31 heavy (non-hydrogen) atoms. The molecule has 0 saturated heterocycles. The lowest BCUT2D eigenvalue weighted by atomic mass is 10.1. The van der Waals surface area contributed by atoms with E-state index in [0.717, 1.165) is 11.6 Å². The van der Waals surface area contributed by atoms with Crippen LogP contribution in [-0.4, -0.2) is 19.2 Å². The van der Waals surface area contributed by atoms with E-state index in [-0.39, 0.29) is 23.6 Å². The summed E-state index contributed by atoms with van der Waals surface area (Å²) in [6, 6.07) is 16.3. The summed E-state index contributed by atoms with van der Waals surface area (Å²) in [5.41, 5.74) is 3.53. The highest BCUT2D eigenvalue weighted by Crippen LogP contribution is 2.28. The summed E-state index contributed by atoms with van der Waals surface area (Å²) < 4.78 is 37.9. The second kappa shape index (κ2) is 9.98. The molecule has 0 aliphatic carbocycles. The first-order valence-electron chi connectivity index (χ1n) is 9.08. The van der Waals surface area contributed by atoms with Crippen molar-refractivity contribution in [1.82, 2.24) is 5.43 Å². The highest BCUT2D eigenvalue weighted by atomic mass is 19.1. The van der Waals surface area contributed by atoms with Gasteiger partial charge in [0.25, 0.3) is 5.91 Å². The van der Waals surface area contributed by atoms with Gasteiger partial charge in [0.15, 0.2) is 11.5 Å². The van der Waals surface area contributed by atoms with Crippen LogP contribution in [-0.2, 0) is 6.61 Å². The van der Waals surface area contributed by atoms with Gasteiger partial charge in [0.2, 0.25) is 0 Å². The molecule has 3 aromatic carbocycles. The second-order valence-electron chi connectivity index (χ2n) is 6.33. The van der Waals surface area contributed by atoms with Crippen LogP contribution in [0.2, 0.25) is 0 Å². The van der Waals surface area contributed by atoms with Gasteiger partial charge in [-0.15, -0.1) is 0 Å². The summed E-state index contributed by atoms with van der Waals surface area (Å²) in [5, 5.41) is 12.6. The van der Waals surface area contributed by atoms with Crippen LogP contribution < -0.4 is 14.9 Å². The molecule has 0 bridgehead atoms. The van der Waals surface area contributed by atoms with Crippen molar-refractivity contribution in [3.63, 3.8) is 0 Å². The van der Waals surface area contributed by atoms with Gasteiger partial charge in [0.05, 0.1) is 30.5 Å². The number of amides is 1. The molecule has 0 fully saturated rings. The van der Waals surface area contributed by atoms with Gasteiger partial charge in [-0.05, 0) is 59.7 Å². The summed E-state index contributed by atoms with van der Waals surface area (Å²) in [4.78, 5) is 12.1. The van der Waals surface area contributed by atoms with E-state index in [1.807, 2.05) is 0 Å². The molecule has 3 aromatic rings. The van der Waals surface area contributed by atoms with E-state index in [0.29, 0.717) is 17.1 Å². The quantitative estimate of drug-likeness (QED) is 0.458. The Morgan fingerprint density at radius 3 is 2.55 bits per heavy atom. The van der Waals surface area contributed by atoms with Gasteiger partial charge in [0.1, 0.15) is 18.2 Å². The van der Waals surface area contributed by atoms with Crippen molar-refractivity contribution < 1.29 is 23.0 Å². The third kappa shape index (κ3) is 5.64. The third-order valence-electron chi connectivity index (χ3n) is 4.22. The molecule has 1 N–H and O–H groups in total. The largest absolute Gasteiger partial charge is 0.493 e. The van der Waals surface area contributed by atoms with Crippen LogP contribution in [0.5, 0.6) is 11.5 Å². The zero-order chi connectivity index (χ0) is 22.2. The molecule has 0 unspecified atom stereocenters. The Bertz CT molecular complexity index is 1160. The fourth-order valence-electron chi connectivity index (χ4n) is 2.62. The number of hydrazone groups is 1.